The van der Waals surface area contributed by atoms with Crippen LogP contribution >= 0.6 is 15.9 Å². The summed E-state index contributed by atoms with van der Waals surface area (Å²) < 4.78 is 6.60. The van der Waals surface area contributed by atoms with Gasteiger partial charge in [0.1, 0.15) is 5.60 Å². The van der Waals surface area contributed by atoms with Crippen molar-refractivity contribution in [2.75, 3.05) is 13.1 Å². The van der Waals surface area contributed by atoms with Crippen molar-refractivity contribution in [3.8, 4) is 0 Å². The number of hydrogen-bond acceptors (Lipinski definition) is 2. The fourth-order valence-electron chi connectivity index (χ4n) is 3.53. The number of nitrogens with zero attached hydrogens (tertiary/aromatic N) is 1. The monoisotopic (exact) mass is 365 g/mol. The maximum atomic E-state index is 12.1. The normalized spacial score (nSPS) is 23.5. The molecule has 0 aromatic heterocycles. The number of hydrogen-bond donors (Lipinski definition) is 0. The molecule has 1 spiro atoms. The van der Waals surface area contributed by atoms with Crippen LogP contribution in [0.15, 0.2) is 28.7 Å². The molecule has 1 aliphatic heterocycles. The summed E-state index contributed by atoms with van der Waals surface area (Å²) in [5.74, 6) is 0.668. The highest BCUT2D eigenvalue weighted by atomic mass is 79.9. The quantitative estimate of drug-likeness (QED) is 0.704. The first-order valence-corrected chi connectivity index (χ1v) is 8.82. The zero-order valence-electron chi connectivity index (χ0n) is 13.6. The third-order valence-electron chi connectivity index (χ3n) is 4.87. The van der Waals surface area contributed by atoms with Crippen molar-refractivity contribution >= 4 is 22.0 Å². The third kappa shape index (κ3) is 3.32. The first-order valence-electron chi connectivity index (χ1n) is 8.03. The van der Waals surface area contributed by atoms with Crippen LogP contribution in [-0.2, 0) is 4.74 Å². The van der Waals surface area contributed by atoms with Gasteiger partial charge in [0.05, 0.1) is 0 Å². The van der Waals surface area contributed by atoms with Gasteiger partial charge in [0.25, 0.3) is 0 Å². The Morgan fingerprint density at radius 2 is 1.82 bits per heavy atom. The predicted octanol–water partition coefficient (Wildman–Crippen LogP) is 4.95. The molecule has 1 aromatic rings. The van der Waals surface area contributed by atoms with E-state index in [1.165, 1.54) is 12.0 Å². The number of piperidine rings is 1. The molecule has 2 fully saturated rings. The molecule has 3 rings (SSSR count). The Morgan fingerprint density at radius 1 is 1.23 bits per heavy atom. The van der Waals surface area contributed by atoms with Crippen LogP contribution in [0.5, 0.6) is 0 Å². The van der Waals surface area contributed by atoms with Gasteiger partial charge in [-0.3, -0.25) is 0 Å². The molecule has 120 valence electrons. The maximum Gasteiger partial charge on any atom is 0.410 e. The van der Waals surface area contributed by atoms with Crippen LogP contribution in [0.1, 0.15) is 51.5 Å². The molecule has 2 aliphatic rings. The third-order valence-corrected chi connectivity index (χ3v) is 5.40. The second-order valence-electron chi connectivity index (χ2n) is 7.64. The molecule has 1 saturated carbocycles. The van der Waals surface area contributed by atoms with Crippen LogP contribution < -0.4 is 0 Å². The minimum atomic E-state index is -0.411. The van der Waals surface area contributed by atoms with E-state index >= 15 is 0 Å². The first-order chi connectivity index (χ1) is 10.3. The van der Waals surface area contributed by atoms with E-state index in [0.29, 0.717) is 11.3 Å². The van der Waals surface area contributed by atoms with E-state index in [2.05, 4.69) is 40.2 Å². The topological polar surface area (TPSA) is 29.5 Å². The predicted molar refractivity (Wildman–Crippen MR) is 91.0 cm³/mol. The van der Waals surface area contributed by atoms with Crippen LogP contribution in [0.25, 0.3) is 0 Å². The highest BCUT2D eigenvalue weighted by Gasteiger charge is 2.55. The van der Waals surface area contributed by atoms with Gasteiger partial charge in [-0.25, -0.2) is 4.79 Å². The van der Waals surface area contributed by atoms with Gasteiger partial charge in [-0.1, -0.05) is 28.1 Å². The van der Waals surface area contributed by atoms with Crippen molar-refractivity contribution in [2.45, 2.75) is 51.6 Å². The number of halogens is 1. The Hall–Kier alpha value is -1.03. The van der Waals surface area contributed by atoms with Gasteiger partial charge in [0.2, 0.25) is 0 Å². The Labute approximate surface area is 141 Å². The summed E-state index contributed by atoms with van der Waals surface area (Å²) in [6, 6.07) is 8.70. The molecule has 1 amide bonds. The average Bonchev–Trinajstić information content (AvgIpc) is 3.12. The molecular weight excluding hydrogens is 342 g/mol. The van der Waals surface area contributed by atoms with Crippen LogP contribution in [0.2, 0.25) is 0 Å². The fourth-order valence-corrected chi connectivity index (χ4v) is 3.79. The summed E-state index contributed by atoms with van der Waals surface area (Å²) in [6.45, 7) is 7.40. The molecule has 1 heterocycles. The number of benzene rings is 1. The van der Waals surface area contributed by atoms with Crippen molar-refractivity contribution in [3.63, 3.8) is 0 Å². The van der Waals surface area contributed by atoms with Crippen molar-refractivity contribution < 1.29 is 9.53 Å². The van der Waals surface area contributed by atoms with Crippen LogP contribution in [-0.4, -0.2) is 29.7 Å². The molecule has 1 saturated heterocycles. The van der Waals surface area contributed by atoms with Gasteiger partial charge in [0, 0.05) is 17.6 Å². The lowest BCUT2D eigenvalue weighted by atomic mass is 9.89. The summed E-state index contributed by atoms with van der Waals surface area (Å²) >= 11 is 3.49. The number of amides is 1. The Bertz CT molecular complexity index is 553. The molecule has 22 heavy (non-hydrogen) atoms. The van der Waals surface area contributed by atoms with Crippen LogP contribution in [0.3, 0.4) is 0 Å². The summed E-state index contributed by atoms with van der Waals surface area (Å²) in [5, 5.41) is 0. The van der Waals surface area contributed by atoms with Crippen LogP contribution in [0.4, 0.5) is 4.79 Å². The van der Waals surface area contributed by atoms with Crippen LogP contribution in [0, 0.1) is 5.41 Å². The average molecular weight is 366 g/mol. The smallest absolute Gasteiger partial charge is 0.410 e. The zero-order chi connectivity index (χ0) is 16.0. The van der Waals surface area contributed by atoms with E-state index in [1.54, 1.807) is 0 Å². The van der Waals surface area contributed by atoms with E-state index in [0.717, 1.165) is 30.4 Å². The van der Waals surface area contributed by atoms with Crippen molar-refractivity contribution in [2.24, 2.45) is 5.41 Å². The molecule has 0 radical (unpaired) electrons. The van der Waals surface area contributed by atoms with Gasteiger partial charge < -0.3 is 9.64 Å². The van der Waals surface area contributed by atoms with E-state index in [1.807, 2.05) is 25.7 Å². The highest BCUT2D eigenvalue weighted by molar-refractivity contribution is 9.10. The molecule has 1 atom stereocenters. The number of carbonyl (C=O) groups is 1. The van der Waals surface area contributed by atoms with Gasteiger partial charge >= 0.3 is 6.09 Å². The molecule has 0 bridgehead atoms. The maximum absolute atomic E-state index is 12.1. The van der Waals surface area contributed by atoms with Gasteiger partial charge in [-0.05, 0) is 69.1 Å². The SMILES string of the molecule is CC(C)(C)OC(=O)N1CCC2(CC1)C[C@@H]2c1ccc(Br)cc1. The largest absolute Gasteiger partial charge is 0.444 e. The van der Waals surface area contributed by atoms with E-state index in [4.69, 9.17) is 4.74 Å². The van der Waals surface area contributed by atoms with Crippen molar-refractivity contribution in [3.05, 3.63) is 34.3 Å². The fraction of sp³-hybridized carbons (Fsp3) is 0.611. The minimum Gasteiger partial charge on any atom is -0.444 e. The number of likely N-dealkylation sites (tertiary alicyclic amines) is 1. The minimum absolute atomic E-state index is 0.164. The zero-order valence-corrected chi connectivity index (χ0v) is 15.1. The molecule has 1 aromatic carbocycles. The summed E-state index contributed by atoms with van der Waals surface area (Å²) in [5.41, 5.74) is 1.45. The Kier molecular flexibility index (Phi) is 4.00. The number of carbonyl (C=O) groups excluding carboxylic acids is 1. The van der Waals surface area contributed by atoms with Crippen molar-refractivity contribution in [1.29, 1.82) is 0 Å². The molecule has 1 aliphatic carbocycles. The van der Waals surface area contributed by atoms with Gasteiger partial charge in [-0.2, -0.15) is 0 Å². The molecule has 3 nitrogen and oxygen atoms in total. The Balaban J connectivity index is 1.57. The Morgan fingerprint density at radius 3 is 2.36 bits per heavy atom. The van der Waals surface area contributed by atoms with Gasteiger partial charge in [0.15, 0.2) is 0 Å². The van der Waals surface area contributed by atoms with E-state index < -0.39 is 5.60 Å². The molecule has 0 unspecified atom stereocenters. The highest BCUT2D eigenvalue weighted by Crippen LogP contribution is 2.64. The summed E-state index contributed by atoms with van der Waals surface area (Å²) in [4.78, 5) is 14.0. The van der Waals surface area contributed by atoms with Crippen molar-refractivity contribution in [1.82, 2.24) is 4.90 Å². The molecule has 4 heteroatoms. The second-order valence-corrected chi connectivity index (χ2v) is 8.55. The summed E-state index contributed by atoms with van der Waals surface area (Å²) in [7, 11) is 0. The van der Waals surface area contributed by atoms with E-state index in [-0.39, 0.29) is 6.09 Å². The number of ether oxygens (including phenoxy) is 1. The second kappa shape index (κ2) is 5.55. The standard InChI is InChI=1S/C18H24BrNO2/c1-17(2,3)22-16(21)20-10-8-18(9-11-20)12-15(18)13-4-6-14(19)7-5-13/h4-7,15H,8-12H2,1-3H3/t15-/m1/s1. The lowest BCUT2D eigenvalue weighted by molar-refractivity contribution is 0.0170. The van der Waals surface area contributed by atoms with Gasteiger partial charge in [-0.15, -0.1) is 0 Å². The van der Waals surface area contributed by atoms with E-state index in [9.17, 15) is 4.79 Å². The number of rotatable bonds is 1. The lowest BCUT2D eigenvalue weighted by Gasteiger charge is -2.34. The molecular formula is C18H24BrNO2. The first kappa shape index (κ1) is 15.9. The summed E-state index contributed by atoms with van der Waals surface area (Å²) in [6.07, 6.45) is 3.28. The molecule has 0 N–H and O–H groups in total. The lowest BCUT2D eigenvalue weighted by Crippen LogP contribution is -2.42.